The van der Waals surface area contributed by atoms with Crippen molar-refractivity contribution < 1.29 is 0 Å². The quantitative estimate of drug-likeness (QED) is 0.710. The van der Waals surface area contributed by atoms with E-state index < -0.39 is 0 Å². The predicted molar refractivity (Wildman–Crippen MR) is 45.6 cm³/mol. The third-order valence-electron chi connectivity index (χ3n) is 1.51. The minimum absolute atomic E-state index is 0.843. The molecule has 0 amide bonds. The zero-order valence-electron chi connectivity index (χ0n) is 6.96. The van der Waals surface area contributed by atoms with Crippen LogP contribution in [-0.4, -0.2) is 17.2 Å². The van der Waals surface area contributed by atoms with Gasteiger partial charge in [-0.05, 0) is 18.1 Å². The van der Waals surface area contributed by atoms with Crippen LogP contribution in [0.25, 0.3) is 0 Å². The summed E-state index contributed by atoms with van der Waals surface area (Å²) >= 11 is 0. The third kappa shape index (κ3) is 2.18. The van der Waals surface area contributed by atoms with Crippen molar-refractivity contribution >= 4 is 5.82 Å². The second-order valence-corrected chi connectivity index (χ2v) is 2.45. The van der Waals surface area contributed by atoms with Gasteiger partial charge in [-0.25, -0.2) is 0 Å². The van der Waals surface area contributed by atoms with Crippen LogP contribution in [0.2, 0.25) is 0 Å². The molecule has 0 aromatic carbocycles. The van der Waals surface area contributed by atoms with Gasteiger partial charge in [-0.1, -0.05) is 13.3 Å². The summed E-state index contributed by atoms with van der Waals surface area (Å²) < 4.78 is 0. The molecule has 0 saturated heterocycles. The molecule has 1 N–H and O–H groups in total. The first kappa shape index (κ1) is 7.98. The van der Waals surface area contributed by atoms with E-state index in [4.69, 9.17) is 0 Å². The number of aryl methyl sites for hydroxylation is 1. The topological polar surface area (TPSA) is 37.8 Å². The highest BCUT2D eigenvalue weighted by atomic mass is 15.2. The monoisotopic (exact) mass is 151 g/mol. The van der Waals surface area contributed by atoms with Crippen LogP contribution in [0, 0.1) is 0 Å². The predicted octanol–water partition coefficient (Wildman–Crippen LogP) is 1.47. The average Bonchev–Trinajstić information content (AvgIpc) is 2.06. The lowest BCUT2D eigenvalue weighted by Gasteiger charge is -1.99. The van der Waals surface area contributed by atoms with Crippen LogP contribution in [-0.2, 0) is 6.42 Å². The molecule has 1 heterocycles. The highest BCUT2D eigenvalue weighted by Gasteiger charge is 1.93. The van der Waals surface area contributed by atoms with Crippen LogP contribution in [0.4, 0.5) is 5.82 Å². The fraction of sp³-hybridized carbons (Fsp3) is 0.500. The number of anilines is 1. The van der Waals surface area contributed by atoms with E-state index >= 15 is 0 Å². The standard InChI is InChI=1S/C8H13N3/c1-3-4-7-5-8(9-2)11-10-6-7/h5-6H,3-4H2,1-2H3,(H,9,11). The molecule has 0 spiro atoms. The van der Waals surface area contributed by atoms with Crippen LogP contribution < -0.4 is 5.32 Å². The van der Waals surface area contributed by atoms with Crippen molar-refractivity contribution in [3.8, 4) is 0 Å². The lowest BCUT2D eigenvalue weighted by molar-refractivity contribution is 0.894. The molecule has 0 aliphatic carbocycles. The van der Waals surface area contributed by atoms with Crippen LogP contribution in [0.1, 0.15) is 18.9 Å². The Kier molecular flexibility index (Phi) is 2.83. The summed E-state index contributed by atoms with van der Waals surface area (Å²) in [6, 6.07) is 2.02. The molecule has 3 nitrogen and oxygen atoms in total. The highest BCUT2D eigenvalue weighted by Crippen LogP contribution is 2.05. The van der Waals surface area contributed by atoms with E-state index in [1.807, 2.05) is 19.3 Å². The van der Waals surface area contributed by atoms with E-state index in [1.165, 1.54) is 5.56 Å². The molecule has 0 saturated carbocycles. The fourth-order valence-corrected chi connectivity index (χ4v) is 0.955. The second kappa shape index (κ2) is 3.91. The van der Waals surface area contributed by atoms with Gasteiger partial charge >= 0.3 is 0 Å². The maximum absolute atomic E-state index is 3.88. The zero-order chi connectivity index (χ0) is 8.10. The van der Waals surface area contributed by atoms with Gasteiger partial charge in [-0.2, -0.15) is 5.10 Å². The molecule has 0 radical (unpaired) electrons. The molecule has 0 aliphatic heterocycles. The number of hydrogen-bond acceptors (Lipinski definition) is 3. The molecule has 1 aromatic rings. The first-order valence-corrected chi connectivity index (χ1v) is 3.86. The number of hydrogen-bond donors (Lipinski definition) is 1. The van der Waals surface area contributed by atoms with Crippen molar-refractivity contribution in [1.29, 1.82) is 0 Å². The number of nitrogens with one attached hydrogen (secondary N) is 1. The van der Waals surface area contributed by atoms with Crippen LogP contribution >= 0.6 is 0 Å². The molecular weight excluding hydrogens is 138 g/mol. The van der Waals surface area contributed by atoms with Gasteiger partial charge in [0.2, 0.25) is 0 Å². The van der Waals surface area contributed by atoms with E-state index in [2.05, 4.69) is 22.4 Å². The summed E-state index contributed by atoms with van der Waals surface area (Å²) in [5, 5.41) is 10.7. The highest BCUT2D eigenvalue weighted by molar-refractivity contribution is 5.34. The molecule has 0 bridgehead atoms. The number of rotatable bonds is 3. The van der Waals surface area contributed by atoms with E-state index in [1.54, 1.807) is 0 Å². The normalized spacial score (nSPS) is 9.64. The first-order chi connectivity index (χ1) is 5.36. The summed E-state index contributed by atoms with van der Waals surface area (Å²) in [4.78, 5) is 0. The maximum Gasteiger partial charge on any atom is 0.148 e. The first-order valence-electron chi connectivity index (χ1n) is 3.86. The zero-order valence-corrected chi connectivity index (χ0v) is 6.96. The Bertz CT molecular complexity index is 222. The fourth-order valence-electron chi connectivity index (χ4n) is 0.955. The minimum atomic E-state index is 0.843. The Morgan fingerprint density at radius 1 is 1.55 bits per heavy atom. The van der Waals surface area contributed by atoms with Gasteiger partial charge < -0.3 is 5.32 Å². The summed E-state index contributed by atoms with van der Waals surface area (Å²) in [6.45, 7) is 2.15. The molecule has 0 unspecified atom stereocenters. The van der Waals surface area contributed by atoms with Gasteiger partial charge in [0.25, 0.3) is 0 Å². The molecule has 0 aliphatic rings. The van der Waals surface area contributed by atoms with Crippen LogP contribution in [0.3, 0.4) is 0 Å². The number of aromatic nitrogens is 2. The molecular formula is C8H13N3. The van der Waals surface area contributed by atoms with Gasteiger partial charge in [-0.3, -0.25) is 0 Å². The smallest absolute Gasteiger partial charge is 0.148 e. The van der Waals surface area contributed by atoms with E-state index in [-0.39, 0.29) is 0 Å². The molecule has 0 fully saturated rings. The Morgan fingerprint density at radius 2 is 2.36 bits per heavy atom. The lowest BCUT2D eigenvalue weighted by Crippen LogP contribution is -1.96. The molecule has 0 atom stereocenters. The maximum atomic E-state index is 3.88. The van der Waals surface area contributed by atoms with Gasteiger partial charge in [-0.15, -0.1) is 5.10 Å². The SMILES string of the molecule is CCCc1cnnc(NC)c1. The summed E-state index contributed by atoms with van der Waals surface area (Å²) in [7, 11) is 1.85. The van der Waals surface area contributed by atoms with Crippen LogP contribution in [0.5, 0.6) is 0 Å². The van der Waals surface area contributed by atoms with Gasteiger partial charge in [0.1, 0.15) is 5.82 Å². The third-order valence-corrected chi connectivity index (χ3v) is 1.51. The van der Waals surface area contributed by atoms with E-state index in [9.17, 15) is 0 Å². The molecule has 3 heteroatoms. The molecule has 60 valence electrons. The lowest BCUT2D eigenvalue weighted by atomic mass is 10.2. The van der Waals surface area contributed by atoms with Crippen molar-refractivity contribution in [2.75, 3.05) is 12.4 Å². The minimum Gasteiger partial charge on any atom is -0.372 e. The Labute approximate surface area is 66.8 Å². The molecule has 11 heavy (non-hydrogen) atoms. The molecule has 1 aromatic heterocycles. The van der Waals surface area contributed by atoms with Crippen molar-refractivity contribution in [2.24, 2.45) is 0 Å². The largest absolute Gasteiger partial charge is 0.372 e. The summed E-state index contributed by atoms with van der Waals surface area (Å²) in [6.07, 6.45) is 4.03. The summed E-state index contributed by atoms with van der Waals surface area (Å²) in [5.74, 6) is 0.843. The average molecular weight is 151 g/mol. The van der Waals surface area contributed by atoms with Gasteiger partial charge in [0.15, 0.2) is 0 Å². The van der Waals surface area contributed by atoms with Crippen molar-refractivity contribution in [2.45, 2.75) is 19.8 Å². The number of nitrogens with zero attached hydrogens (tertiary/aromatic N) is 2. The van der Waals surface area contributed by atoms with Crippen molar-refractivity contribution in [3.63, 3.8) is 0 Å². The van der Waals surface area contributed by atoms with E-state index in [0.717, 1.165) is 18.7 Å². The van der Waals surface area contributed by atoms with Gasteiger partial charge in [0.05, 0.1) is 6.20 Å². The second-order valence-electron chi connectivity index (χ2n) is 2.45. The van der Waals surface area contributed by atoms with E-state index in [0.29, 0.717) is 0 Å². The Balaban J connectivity index is 2.74. The Morgan fingerprint density at radius 3 is 3.00 bits per heavy atom. The Hall–Kier alpha value is -1.12. The summed E-state index contributed by atoms with van der Waals surface area (Å²) in [5.41, 5.74) is 1.24. The van der Waals surface area contributed by atoms with Gasteiger partial charge in [0, 0.05) is 7.05 Å². The molecule has 1 rings (SSSR count). The van der Waals surface area contributed by atoms with Crippen molar-refractivity contribution in [1.82, 2.24) is 10.2 Å². The van der Waals surface area contributed by atoms with Crippen LogP contribution in [0.15, 0.2) is 12.3 Å². The van der Waals surface area contributed by atoms with Crippen molar-refractivity contribution in [3.05, 3.63) is 17.8 Å².